The Morgan fingerprint density at radius 3 is 2.83 bits per heavy atom. The summed E-state index contributed by atoms with van der Waals surface area (Å²) in [6, 6.07) is 7.68. The number of piperidine rings is 1. The van der Waals surface area contributed by atoms with E-state index >= 15 is 0 Å². The van der Waals surface area contributed by atoms with Crippen molar-refractivity contribution < 1.29 is 14.0 Å². The van der Waals surface area contributed by atoms with Crippen LogP contribution in [0.25, 0.3) is 0 Å². The molecule has 1 atom stereocenters. The molecule has 1 fully saturated rings. The van der Waals surface area contributed by atoms with Crippen LogP contribution in [-0.4, -0.2) is 29.3 Å². The zero-order valence-electron chi connectivity index (χ0n) is 13.4. The predicted molar refractivity (Wildman–Crippen MR) is 92.8 cm³/mol. The number of likely N-dealkylation sites (tertiary alicyclic amines) is 1. The summed E-state index contributed by atoms with van der Waals surface area (Å²) >= 11 is 1.37. The van der Waals surface area contributed by atoms with Gasteiger partial charge in [0.15, 0.2) is 0 Å². The van der Waals surface area contributed by atoms with Gasteiger partial charge in [0.2, 0.25) is 5.91 Å². The molecule has 2 aromatic rings. The number of amides is 2. The second kappa shape index (κ2) is 7.13. The van der Waals surface area contributed by atoms with E-state index in [9.17, 15) is 14.0 Å². The van der Waals surface area contributed by atoms with Gasteiger partial charge < -0.3 is 10.2 Å². The highest BCUT2D eigenvalue weighted by Gasteiger charge is 2.33. The largest absolute Gasteiger partial charge is 0.326 e. The molecule has 1 aliphatic rings. The zero-order chi connectivity index (χ0) is 17.1. The fraction of sp³-hybridized carbons (Fsp3) is 0.333. The van der Waals surface area contributed by atoms with Crippen molar-refractivity contribution in [2.75, 3.05) is 11.9 Å². The average Bonchev–Trinajstić information content (AvgIpc) is 3.12. The van der Waals surface area contributed by atoms with Crippen LogP contribution >= 0.6 is 11.3 Å². The molecule has 126 valence electrons. The topological polar surface area (TPSA) is 49.4 Å². The van der Waals surface area contributed by atoms with Crippen LogP contribution < -0.4 is 5.32 Å². The van der Waals surface area contributed by atoms with E-state index in [1.807, 2.05) is 11.4 Å². The molecule has 6 heteroatoms. The summed E-state index contributed by atoms with van der Waals surface area (Å²) in [5.74, 6) is -0.731. The predicted octanol–water partition coefficient (Wildman–Crippen LogP) is 3.83. The molecule has 0 aliphatic carbocycles. The number of hydrogen-bond acceptors (Lipinski definition) is 3. The van der Waals surface area contributed by atoms with Crippen LogP contribution in [0.4, 0.5) is 10.1 Å². The van der Waals surface area contributed by atoms with Crippen molar-refractivity contribution in [2.24, 2.45) is 0 Å². The Hall–Kier alpha value is -2.21. The normalized spacial score (nSPS) is 17.6. The first-order valence-corrected chi connectivity index (χ1v) is 8.86. The molecule has 4 nitrogen and oxygen atoms in total. The van der Waals surface area contributed by atoms with E-state index in [1.54, 1.807) is 30.0 Å². The molecule has 1 aromatic heterocycles. The average molecular weight is 346 g/mol. The summed E-state index contributed by atoms with van der Waals surface area (Å²) in [5, 5.41) is 4.59. The summed E-state index contributed by atoms with van der Waals surface area (Å²) in [6.45, 7) is 2.24. The Labute approximate surface area is 144 Å². The molecule has 0 bridgehead atoms. The lowest BCUT2D eigenvalue weighted by atomic mass is 10.0. The van der Waals surface area contributed by atoms with E-state index < -0.39 is 6.04 Å². The van der Waals surface area contributed by atoms with Gasteiger partial charge in [0.25, 0.3) is 5.91 Å². The Kier molecular flexibility index (Phi) is 4.94. The minimum absolute atomic E-state index is 0.111. The van der Waals surface area contributed by atoms with E-state index in [-0.39, 0.29) is 17.6 Å². The molecule has 24 heavy (non-hydrogen) atoms. The second-order valence-corrected chi connectivity index (χ2v) is 6.89. The molecule has 1 aliphatic heterocycles. The van der Waals surface area contributed by atoms with Crippen molar-refractivity contribution in [3.8, 4) is 0 Å². The summed E-state index contributed by atoms with van der Waals surface area (Å²) in [5.41, 5.74) is 0.942. The third-order valence-corrected chi connectivity index (χ3v) is 5.10. The fourth-order valence-electron chi connectivity index (χ4n) is 2.89. The number of halogens is 1. The van der Waals surface area contributed by atoms with Gasteiger partial charge in [-0.3, -0.25) is 9.59 Å². The number of anilines is 1. The fourth-order valence-corrected chi connectivity index (χ4v) is 3.56. The molecule has 1 N–H and O–H groups in total. The van der Waals surface area contributed by atoms with Crippen LogP contribution in [0, 0.1) is 12.7 Å². The summed E-state index contributed by atoms with van der Waals surface area (Å²) in [7, 11) is 0. The van der Waals surface area contributed by atoms with Crippen LogP contribution in [-0.2, 0) is 4.79 Å². The van der Waals surface area contributed by atoms with Gasteiger partial charge in [-0.1, -0.05) is 12.1 Å². The van der Waals surface area contributed by atoms with Crippen LogP contribution in [0.15, 0.2) is 35.7 Å². The van der Waals surface area contributed by atoms with E-state index in [4.69, 9.17) is 0 Å². The van der Waals surface area contributed by atoms with E-state index in [1.165, 1.54) is 17.4 Å². The number of carbonyl (C=O) groups is 2. The van der Waals surface area contributed by atoms with Crippen LogP contribution in [0.5, 0.6) is 0 Å². The Morgan fingerprint density at radius 1 is 1.29 bits per heavy atom. The number of aryl methyl sites for hydroxylation is 1. The van der Waals surface area contributed by atoms with Crippen molar-refractivity contribution in [1.29, 1.82) is 0 Å². The molecule has 3 rings (SSSR count). The number of nitrogens with one attached hydrogen (secondary N) is 1. The van der Waals surface area contributed by atoms with Gasteiger partial charge >= 0.3 is 0 Å². The number of nitrogens with zero attached hydrogens (tertiary/aromatic N) is 1. The number of benzene rings is 1. The maximum absolute atomic E-state index is 13.6. The molecular formula is C18H19FN2O2S. The van der Waals surface area contributed by atoms with Crippen molar-refractivity contribution in [1.82, 2.24) is 4.90 Å². The highest BCUT2D eigenvalue weighted by Crippen LogP contribution is 2.23. The van der Waals surface area contributed by atoms with Gasteiger partial charge in [0, 0.05) is 12.2 Å². The lowest BCUT2D eigenvalue weighted by Crippen LogP contribution is -2.49. The minimum atomic E-state index is -0.516. The molecule has 2 heterocycles. The first-order chi connectivity index (χ1) is 11.6. The number of rotatable bonds is 3. The second-order valence-electron chi connectivity index (χ2n) is 5.94. The first kappa shape index (κ1) is 16.6. The standard InChI is InChI=1S/C18H19FN2O2S/c1-12-7-8-13(11-14(12)19)20-17(22)15-5-2-3-9-21(15)18(23)16-6-4-10-24-16/h4,6-8,10-11,15H,2-3,5,9H2,1H3,(H,20,22)/t15-/m0/s1. The summed E-state index contributed by atoms with van der Waals surface area (Å²) in [6.07, 6.45) is 2.41. The third-order valence-electron chi connectivity index (χ3n) is 4.24. The lowest BCUT2D eigenvalue weighted by molar-refractivity contribution is -0.121. The maximum Gasteiger partial charge on any atom is 0.264 e. The molecular weight excluding hydrogens is 327 g/mol. The van der Waals surface area contributed by atoms with Gasteiger partial charge in [0.05, 0.1) is 4.88 Å². The van der Waals surface area contributed by atoms with Crippen molar-refractivity contribution in [2.45, 2.75) is 32.2 Å². The number of hydrogen-bond donors (Lipinski definition) is 1. The van der Waals surface area contributed by atoms with Crippen LogP contribution in [0.3, 0.4) is 0 Å². The van der Waals surface area contributed by atoms with Crippen molar-refractivity contribution >= 4 is 28.8 Å². The quantitative estimate of drug-likeness (QED) is 0.918. The lowest BCUT2D eigenvalue weighted by Gasteiger charge is -2.34. The van der Waals surface area contributed by atoms with E-state index in [0.717, 1.165) is 12.8 Å². The third kappa shape index (κ3) is 3.48. The van der Waals surface area contributed by atoms with Gasteiger partial charge in [0.1, 0.15) is 11.9 Å². The smallest absolute Gasteiger partial charge is 0.264 e. The Morgan fingerprint density at radius 2 is 2.12 bits per heavy atom. The van der Waals surface area contributed by atoms with E-state index in [2.05, 4.69) is 5.32 Å². The Bertz CT molecular complexity index is 745. The molecule has 1 saturated heterocycles. The highest BCUT2D eigenvalue weighted by atomic mass is 32.1. The first-order valence-electron chi connectivity index (χ1n) is 7.98. The maximum atomic E-state index is 13.6. The Balaban J connectivity index is 1.75. The van der Waals surface area contributed by atoms with Gasteiger partial charge in [-0.2, -0.15) is 0 Å². The molecule has 0 spiro atoms. The highest BCUT2D eigenvalue weighted by molar-refractivity contribution is 7.12. The molecule has 0 unspecified atom stereocenters. The van der Waals surface area contributed by atoms with Crippen LogP contribution in [0.1, 0.15) is 34.5 Å². The summed E-state index contributed by atoms with van der Waals surface area (Å²) in [4.78, 5) is 27.5. The molecule has 2 amide bonds. The molecule has 0 saturated carbocycles. The molecule has 0 radical (unpaired) electrons. The SMILES string of the molecule is Cc1ccc(NC(=O)[C@@H]2CCCCN2C(=O)c2cccs2)cc1F. The van der Waals surface area contributed by atoms with Gasteiger partial charge in [-0.05, 0) is 55.3 Å². The monoisotopic (exact) mass is 346 g/mol. The zero-order valence-corrected chi connectivity index (χ0v) is 14.2. The summed E-state index contributed by atoms with van der Waals surface area (Å²) < 4.78 is 13.6. The number of carbonyl (C=O) groups excluding carboxylic acids is 2. The minimum Gasteiger partial charge on any atom is -0.326 e. The van der Waals surface area contributed by atoms with Gasteiger partial charge in [-0.25, -0.2) is 4.39 Å². The van der Waals surface area contributed by atoms with Crippen molar-refractivity contribution in [3.63, 3.8) is 0 Å². The van der Waals surface area contributed by atoms with Crippen molar-refractivity contribution in [3.05, 3.63) is 52.0 Å². The van der Waals surface area contributed by atoms with E-state index in [0.29, 0.717) is 29.1 Å². The van der Waals surface area contributed by atoms with Crippen LogP contribution in [0.2, 0.25) is 0 Å². The number of thiophene rings is 1. The van der Waals surface area contributed by atoms with Gasteiger partial charge in [-0.15, -0.1) is 11.3 Å². The molecule has 1 aromatic carbocycles.